The van der Waals surface area contributed by atoms with E-state index >= 15 is 0 Å². The highest BCUT2D eigenvalue weighted by atomic mass is 16.1. The number of nitrogens with zero attached hydrogens (tertiary/aromatic N) is 1. The molecule has 0 saturated carbocycles. The van der Waals surface area contributed by atoms with Crippen molar-refractivity contribution in [2.24, 2.45) is 5.73 Å². The van der Waals surface area contributed by atoms with E-state index < -0.39 is 11.4 Å². The summed E-state index contributed by atoms with van der Waals surface area (Å²) in [5.41, 5.74) is 4.99. The van der Waals surface area contributed by atoms with Crippen LogP contribution in [0.3, 0.4) is 0 Å². The van der Waals surface area contributed by atoms with E-state index in [9.17, 15) is 4.79 Å². The summed E-state index contributed by atoms with van der Waals surface area (Å²) in [4.78, 5) is 15.7. The van der Waals surface area contributed by atoms with E-state index in [4.69, 9.17) is 5.73 Å². The van der Waals surface area contributed by atoms with Gasteiger partial charge in [0.15, 0.2) is 5.54 Å². The van der Waals surface area contributed by atoms with Crippen molar-refractivity contribution in [1.29, 1.82) is 0 Å². The highest BCUT2D eigenvalue weighted by Crippen LogP contribution is 2.22. The van der Waals surface area contributed by atoms with Gasteiger partial charge in [0.25, 0.3) is 5.91 Å². The first-order valence-electron chi connectivity index (χ1n) is 4.59. The fourth-order valence-corrected chi connectivity index (χ4v) is 1.52. The number of carbonyl (C=O) groups is 1. The molecule has 4 nitrogen and oxygen atoms in total. The Morgan fingerprint density at radius 1 is 1.40 bits per heavy atom. The predicted molar refractivity (Wildman–Crippen MR) is 56.5 cm³/mol. The Morgan fingerprint density at radius 2 is 2.27 bits per heavy atom. The number of hydrogen-bond donors (Lipinski definition) is 2. The molecule has 0 bridgehead atoms. The topological polar surface area (TPSA) is 68.0 Å². The molecule has 0 radical (unpaired) electrons. The van der Waals surface area contributed by atoms with E-state index in [-0.39, 0.29) is 0 Å². The molecule has 1 aromatic heterocycles. The van der Waals surface area contributed by atoms with Crippen molar-refractivity contribution in [3.8, 4) is 0 Å². The number of rotatable bonds is 2. The standard InChI is InChI=1S/C11H11N3O/c12-10(15)11(6-2-4-8-14-11)9-5-1-3-7-13-9/h1-8,14H,(H2,12,15)/t11-/m1/s1. The summed E-state index contributed by atoms with van der Waals surface area (Å²) >= 11 is 0. The molecule has 0 aromatic carbocycles. The number of dihydropyridines is 1. The molecule has 1 aromatic rings. The Kier molecular flexibility index (Phi) is 2.25. The molecule has 1 aliphatic heterocycles. The zero-order valence-electron chi connectivity index (χ0n) is 8.05. The quantitative estimate of drug-likeness (QED) is 0.729. The first-order chi connectivity index (χ1) is 7.26. The number of hydrogen-bond acceptors (Lipinski definition) is 3. The van der Waals surface area contributed by atoms with E-state index in [2.05, 4.69) is 10.3 Å². The monoisotopic (exact) mass is 201 g/mol. The second-order valence-electron chi connectivity index (χ2n) is 3.25. The lowest BCUT2D eigenvalue weighted by Crippen LogP contribution is -2.50. The van der Waals surface area contributed by atoms with Gasteiger partial charge in [-0.3, -0.25) is 9.78 Å². The fourth-order valence-electron chi connectivity index (χ4n) is 1.52. The smallest absolute Gasteiger partial charge is 0.253 e. The molecule has 0 saturated heterocycles. The van der Waals surface area contributed by atoms with E-state index in [0.29, 0.717) is 5.69 Å². The Morgan fingerprint density at radius 3 is 2.80 bits per heavy atom. The Hall–Kier alpha value is -2.10. The highest BCUT2D eigenvalue weighted by molar-refractivity contribution is 5.88. The molecular formula is C11H11N3O. The lowest BCUT2D eigenvalue weighted by molar-refractivity contribution is -0.122. The second kappa shape index (κ2) is 3.57. The number of amides is 1. The van der Waals surface area contributed by atoms with Crippen LogP contribution < -0.4 is 11.1 Å². The summed E-state index contributed by atoms with van der Waals surface area (Å²) in [5, 5.41) is 2.94. The molecule has 2 rings (SSSR count). The van der Waals surface area contributed by atoms with E-state index in [1.807, 2.05) is 6.07 Å². The molecule has 3 N–H and O–H groups in total. The number of aromatic nitrogens is 1. The molecule has 0 aliphatic carbocycles. The molecule has 1 amide bonds. The second-order valence-corrected chi connectivity index (χ2v) is 3.25. The van der Waals surface area contributed by atoms with Gasteiger partial charge in [-0.1, -0.05) is 12.1 Å². The number of allylic oxidation sites excluding steroid dienone is 2. The van der Waals surface area contributed by atoms with Gasteiger partial charge in [0.2, 0.25) is 0 Å². The van der Waals surface area contributed by atoms with Crippen molar-refractivity contribution in [2.75, 3.05) is 0 Å². The average Bonchev–Trinajstić information content (AvgIpc) is 2.31. The van der Waals surface area contributed by atoms with Gasteiger partial charge >= 0.3 is 0 Å². The van der Waals surface area contributed by atoms with Gasteiger partial charge in [-0.05, 0) is 30.5 Å². The third-order valence-electron chi connectivity index (χ3n) is 2.32. The van der Waals surface area contributed by atoms with E-state index in [1.54, 1.807) is 42.8 Å². The van der Waals surface area contributed by atoms with Crippen LogP contribution in [0.2, 0.25) is 0 Å². The maximum absolute atomic E-state index is 11.5. The van der Waals surface area contributed by atoms with Crippen LogP contribution >= 0.6 is 0 Å². The fraction of sp³-hybridized carbons (Fsp3) is 0.0909. The van der Waals surface area contributed by atoms with Crippen LogP contribution in [0.1, 0.15) is 5.69 Å². The average molecular weight is 201 g/mol. The molecule has 0 unspecified atom stereocenters. The lowest BCUT2D eigenvalue weighted by Gasteiger charge is -2.28. The number of carbonyl (C=O) groups excluding carboxylic acids is 1. The summed E-state index contributed by atoms with van der Waals surface area (Å²) < 4.78 is 0. The Balaban J connectivity index is 2.49. The molecule has 2 heterocycles. The van der Waals surface area contributed by atoms with Crippen molar-refractivity contribution >= 4 is 5.91 Å². The van der Waals surface area contributed by atoms with Crippen molar-refractivity contribution in [3.63, 3.8) is 0 Å². The minimum absolute atomic E-state index is 0.471. The van der Waals surface area contributed by atoms with Gasteiger partial charge in [0.1, 0.15) is 0 Å². The van der Waals surface area contributed by atoms with Crippen molar-refractivity contribution in [1.82, 2.24) is 10.3 Å². The van der Waals surface area contributed by atoms with Crippen molar-refractivity contribution in [2.45, 2.75) is 5.54 Å². The van der Waals surface area contributed by atoms with Gasteiger partial charge in [-0.15, -0.1) is 0 Å². The number of pyridine rings is 1. The van der Waals surface area contributed by atoms with Crippen LogP contribution in [0.4, 0.5) is 0 Å². The first kappa shape index (κ1) is 9.45. The van der Waals surface area contributed by atoms with Gasteiger partial charge < -0.3 is 11.1 Å². The van der Waals surface area contributed by atoms with Crippen LogP contribution in [0.15, 0.2) is 48.8 Å². The summed E-state index contributed by atoms with van der Waals surface area (Å²) in [5.74, 6) is -0.471. The molecule has 76 valence electrons. The molecular weight excluding hydrogens is 190 g/mol. The summed E-state index contributed by atoms with van der Waals surface area (Å²) in [7, 11) is 0. The Bertz CT molecular complexity index is 425. The largest absolute Gasteiger partial charge is 0.369 e. The Labute approximate surface area is 87.5 Å². The summed E-state index contributed by atoms with van der Waals surface area (Å²) in [6.07, 6.45) is 8.59. The van der Waals surface area contributed by atoms with Crippen molar-refractivity contribution < 1.29 is 4.79 Å². The maximum Gasteiger partial charge on any atom is 0.253 e. The SMILES string of the molecule is NC(=O)[C@]1(c2ccccn2)C=CC=CN1. The van der Waals surface area contributed by atoms with Crippen LogP contribution in [-0.2, 0) is 10.3 Å². The van der Waals surface area contributed by atoms with Crippen LogP contribution in [0.25, 0.3) is 0 Å². The molecule has 0 fully saturated rings. The summed E-state index contributed by atoms with van der Waals surface area (Å²) in [6, 6.07) is 5.38. The van der Waals surface area contributed by atoms with E-state index in [1.165, 1.54) is 0 Å². The van der Waals surface area contributed by atoms with Crippen LogP contribution in [-0.4, -0.2) is 10.9 Å². The van der Waals surface area contributed by atoms with Crippen LogP contribution in [0, 0.1) is 0 Å². The zero-order chi connectivity index (χ0) is 10.7. The number of nitrogens with one attached hydrogen (secondary N) is 1. The van der Waals surface area contributed by atoms with Gasteiger partial charge in [0.05, 0.1) is 5.69 Å². The molecule has 1 atom stereocenters. The molecule has 4 heteroatoms. The highest BCUT2D eigenvalue weighted by Gasteiger charge is 2.36. The third-order valence-corrected chi connectivity index (χ3v) is 2.32. The predicted octanol–water partition coefficient (Wildman–Crippen LogP) is 0.435. The normalized spacial score (nSPS) is 23.5. The van der Waals surface area contributed by atoms with Gasteiger partial charge in [-0.25, -0.2) is 0 Å². The molecule has 1 aliphatic rings. The molecule has 15 heavy (non-hydrogen) atoms. The van der Waals surface area contributed by atoms with E-state index in [0.717, 1.165) is 0 Å². The minimum atomic E-state index is -1.02. The third kappa shape index (κ3) is 1.50. The lowest BCUT2D eigenvalue weighted by atomic mass is 9.91. The van der Waals surface area contributed by atoms with Crippen molar-refractivity contribution in [3.05, 3.63) is 54.5 Å². The minimum Gasteiger partial charge on any atom is -0.369 e. The van der Waals surface area contributed by atoms with Crippen LogP contribution in [0.5, 0.6) is 0 Å². The maximum atomic E-state index is 11.5. The molecule has 0 spiro atoms. The first-order valence-corrected chi connectivity index (χ1v) is 4.59. The summed E-state index contributed by atoms with van der Waals surface area (Å²) in [6.45, 7) is 0. The van der Waals surface area contributed by atoms with Gasteiger partial charge in [-0.2, -0.15) is 0 Å². The number of nitrogens with two attached hydrogens (primary N) is 1. The number of primary amides is 1. The van der Waals surface area contributed by atoms with Gasteiger partial charge in [0, 0.05) is 6.20 Å². The zero-order valence-corrected chi connectivity index (χ0v) is 8.05.